The third kappa shape index (κ3) is 3.33. The molecule has 114 valence electrons. The van der Waals surface area contributed by atoms with Gasteiger partial charge < -0.3 is 5.32 Å². The Labute approximate surface area is 128 Å². The normalized spacial score (nSPS) is 19.1. The molecule has 1 atom stereocenters. The highest BCUT2D eigenvalue weighted by molar-refractivity contribution is 7.15. The molecule has 21 heavy (non-hydrogen) atoms. The maximum atomic E-state index is 12.1. The van der Waals surface area contributed by atoms with Crippen molar-refractivity contribution in [3.05, 3.63) is 33.7 Å². The SMILES string of the molecule is CC(C)N(Cc1cc(=O)n2ccsc2n1)CC1CCCN1. The molecule has 6 heteroatoms. The lowest BCUT2D eigenvalue weighted by Crippen LogP contribution is -2.41. The highest BCUT2D eigenvalue weighted by Crippen LogP contribution is 2.13. The van der Waals surface area contributed by atoms with Crippen LogP contribution in [0.15, 0.2) is 22.4 Å². The number of hydrogen-bond acceptors (Lipinski definition) is 5. The number of hydrogen-bond donors (Lipinski definition) is 1. The van der Waals surface area contributed by atoms with Crippen LogP contribution in [-0.2, 0) is 6.54 Å². The summed E-state index contributed by atoms with van der Waals surface area (Å²) >= 11 is 1.51. The predicted octanol–water partition coefficient (Wildman–Crippen LogP) is 1.72. The number of nitrogens with zero attached hydrogens (tertiary/aromatic N) is 3. The number of fused-ring (bicyclic) bond motifs is 1. The Bertz CT molecular complexity index is 657. The number of aromatic nitrogens is 2. The molecule has 1 saturated heterocycles. The molecule has 1 N–H and O–H groups in total. The summed E-state index contributed by atoms with van der Waals surface area (Å²) in [7, 11) is 0. The van der Waals surface area contributed by atoms with E-state index in [0.29, 0.717) is 12.1 Å². The molecule has 0 aliphatic carbocycles. The van der Waals surface area contributed by atoms with Gasteiger partial charge in [0.05, 0.1) is 5.69 Å². The zero-order valence-corrected chi connectivity index (χ0v) is 13.4. The zero-order valence-electron chi connectivity index (χ0n) is 12.6. The van der Waals surface area contributed by atoms with Crippen LogP contribution in [0, 0.1) is 0 Å². The largest absolute Gasteiger partial charge is 0.313 e. The van der Waals surface area contributed by atoms with Gasteiger partial charge in [0, 0.05) is 42.8 Å². The molecule has 1 fully saturated rings. The van der Waals surface area contributed by atoms with Gasteiger partial charge >= 0.3 is 0 Å². The second kappa shape index (κ2) is 6.25. The molecule has 0 aromatic carbocycles. The van der Waals surface area contributed by atoms with Crippen LogP contribution in [-0.4, -0.2) is 39.5 Å². The summed E-state index contributed by atoms with van der Waals surface area (Å²) in [5, 5.41) is 5.44. The third-order valence-corrected chi connectivity index (χ3v) is 4.83. The van der Waals surface area contributed by atoms with Crippen LogP contribution in [0.25, 0.3) is 4.96 Å². The molecule has 0 radical (unpaired) electrons. The molecule has 2 aromatic rings. The van der Waals surface area contributed by atoms with Crippen LogP contribution in [0.2, 0.25) is 0 Å². The molecule has 1 aliphatic rings. The maximum Gasteiger partial charge on any atom is 0.258 e. The summed E-state index contributed by atoms with van der Waals surface area (Å²) in [6.45, 7) is 7.27. The lowest BCUT2D eigenvalue weighted by Gasteiger charge is -2.28. The number of nitrogens with one attached hydrogen (secondary N) is 1. The van der Waals surface area contributed by atoms with E-state index in [2.05, 4.69) is 29.0 Å². The Kier molecular flexibility index (Phi) is 4.37. The van der Waals surface area contributed by atoms with E-state index >= 15 is 0 Å². The third-order valence-electron chi connectivity index (χ3n) is 4.07. The van der Waals surface area contributed by atoms with Gasteiger partial charge in [-0.1, -0.05) is 0 Å². The summed E-state index contributed by atoms with van der Waals surface area (Å²) in [6, 6.07) is 2.67. The quantitative estimate of drug-likeness (QED) is 0.914. The smallest absolute Gasteiger partial charge is 0.258 e. The molecular weight excluding hydrogens is 284 g/mol. The van der Waals surface area contributed by atoms with Crippen LogP contribution in [0.3, 0.4) is 0 Å². The van der Waals surface area contributed by atoms with Gasteiger partial charge in [-0.05, 0) is 33.2 Å². The van der Waals surface area contributed by atoms with Crippen molar-refractivity contribution in [3.63, 3.8) is 0 Å². The zero-order chi connectivity index (χ0) is 14.8. The van der Waals surface area contributed by atoms with Gasteiger partial charge in [0.1, 0.15) is 0 Å². The van der Waals surface area contributed by atoms with Crippen molar-refractivity contribution in [2.24, 2.45) is 0 Å². The standard InChI is InChI=1S/C15H22N4OS/c1-11(2)18(9-12-4-3-5-16-12)10-13-8-14(20)19-6-7-21-15(19)17-13/h6-8,11-12,16H,3-5,9-10H2,1-2H3. The lowest BCUT2D eigenvalue weighted by atomic mass is 10.2. The second-order valence-corrected chi connectivity index (χ2v) is 6.83. The van der Waals surface area contributed by atoms with E-state index in [0.717, 1.165) is 30.3 Å². The fourth-order valence-electron chi connectivity index (χ4n) is 2.83. The van der Waals surface area contributed by atoms with Crippen molar-refractivity contribution in [2.45, 2.75) is 45.3 Å². The Balaban J connectivity index is 1.78. The van der Waals surface area contributed by atoms with E-state index in [4.69, 9.17) is 0 Å². The van der Waals surface area contributed by atoms with Crippen molar-refractivity contribution in [3.8, 4) is 0 Å². The topological polar surface area (TPSA) is 49.6 Å². The van der Waals surface area contributed by atoms with E-state index < -0.39 is 0 Å². The Hall–Kier alpha value is -1.24. The van der Waals surface area contributed by atoms with Gasteiger partial charge in [0.15, 0.2) is 4.96 Å². The molecule has 1 unspecified atom stereocenters. The van der Waals surface area contributed by atoms with E-state index in [1.807, 2.05) is 5.38 Å². The Morgan fingerprint density at radius 3 is 3.14 bits per heavy atom. The monoisotopic (exact) mass is 306 g/mol. The maximum absolute atomic E-state index is 12.1. The molecule has 5 nitrogen and oxygen atoms in total. The molecule has 0 bridgehead atoms. The van der Waals surface area contributed by atoms with Gasteiger partial charge in [-0.2, -0.15) is 0 Å². The molecule has 0 spiro atoms. The first-order valence-electron chi connectivity index (χ1n) is 7.56. The Morgan fingerprint density at radius 2 is 2.43 bits per heavy atom. The van der Waals surface area contributed by atoms with Crippen molar-refractivity contribution in [1.82, 2.24) is 19.6 Å². The molecule has 1 aliphatic heterocycles. The fraction of sp³-hybridized carbons (Fsp3) is 0.600. The minimum absolute atomic E-state index is 0.0129. The molecule has 3 heterocycles. The summed E-state index contributed by atoms with van der Waals surface area (Å²) in [6.07, 6.45) is 4.28. The van der Waals surface area contributed by atoms with E-state index in [1.165, 1.54) is 24.2 Å². The van der Waals surface area contributed by atoms with Crippen molar-refractivity contribution < 1.29 is 0 Å². The van der Waals surface area contributed by atoms with Gasteiger partial charge in [-0.3, -0.25) is 14.1 Å². The molecule has 2 aromatic heterocycles. The minimum Gasteiger partial charge on any atom is -0.313 e. The molecular formula is C15H22N4OS. The molecule has 3 rings (SSSR count). The summed E-state index contributed by atoms with van der Waals surface area (Å²) < 4.78 is 1.60. The van der Waals surface area contributed by atoms with E-state index in [1.54, 1.807) is 16.7 Å². The van der Waals surface area contributed by atoms with Crippen LogP contribution < -0.4 is 10.9 Å². The highest BCUT2D eigenvalue weighted by atomic mass is 32.1. The lowest BCUT2D eigenvalue weighted by molar-refractivity contribution is 0.192. The summed E-state index contributed by atoms with van der Waals surface area (Å²) in [5.41, 5.74) is 0.882. The van der Waals surface area contributed by atoms with Gasteiger partial charge in [0.25, 0.3) is 5.56 Å². The summed E-state index contributed by atoms with van der Waals surface area (Å²) in [4.78, 5) is 19.8. The van der Waals surface area contributed by atoms with E-state index in [-0.39, 0.29) is 5.56 Å². The van der Waals surface area contributed by atoms with Crippen LogP contribution in [0.4, 0.5) is 0 Å². The predicted molar refractivity (Wildman–Crippen MR) is 85.9 cm³/mol. The fourth-order valence-corrected chi connectivity index (χ4v) is 3.57. The van der Waals surface area contributed by atoms with Crippen LogP contribution >= 0.6 is 11.3 Å². The molecule has 0 amide bonds. The minimum atomic E-state index is 0.0129. The van der Waals surface area contributed by atoms with Crippen molar-refractivity contribution in [1.29, 1.82) is 0 Å². The van der Waals surface area contributed by atoms with Gasteiger partial charge in [0.2, 0.25) is 0 Å². The number of thiazole rings is 1. The first-order valence-corrected chi connectivity index (χ1v) is 8.44. The van der Waals surface area contributed by atoms with Crippen LogP contribution in [0.1, 0.15) is 32.4 Å². The average molecular weight is 306 g/mol. The average Bonchev–Trinajstić information content (AvgIpc) is 3.08. The van der Waals surface area contributed by atoms with E-state index in [9.17, 15) is 4.79 Å². The van der Waals surface area contributed by atoms with Crippen molar-refractivity contribution in [2.75, 3.05) is 13.1 Å². The van der Waals surface area contributed by atoms with Crippen molar-refractivity contribution >= 4 is 16.3 Å². The summed E-state index contributed by atoms with van der Waals surface area (Å²) in [5.74, 6) is 0. The Morgan fingerprint density at radius 1 is 1.57 bits per heavy atom. The van der Waals surface area contributed by atoms with Crippen LogP contribution in [0.5, 0.6) is 0 Å². The van der Waals surface area contributed by atoms with Gasteiger partial charge in [-0.25, -0.2) is 4.98 Å². The first-order chi connectivity index (χ1) is 10.1. The first kappa shape index (κ1) is 14.7. The molecule has 0 saturated carbocycles. The highest BCUT2D eigenvalue weighted by Gasteiger charge is 2.20. The number of rotatable bonds is 5. The van der Waals surface area contributed by atoms with Gasteiger partial charge in [-0.15, -0.1) is 11.3 Å². The second-order valence-electron chi connectivity index (χ2n) is 5.96.